The summed E-state index contributed by atoms with van der Waals surface area (Å²) in [5, 5.41) is 6.06. The summed E-state index contributed by atoms with van der Waals surface area (Å²) >= 11 is 0. The number of nitrogens with zero attached hydrogens (tertiary/aromatic N) is 4. The molecule has 256 valence electrons. The van der Waals surface area contributed by atoms with Crippen LogP contribution in [0.3, 0.4) is 0 Å². The SMILES string of the molecule is CC(C)OC(=O)[C@H](C)NP(=O)(OC[C@@]1(CF)O[C@@H](n2ccc(=O)[nH]c2=O)[C@]2(C)OC3(CCCC3)OC12)Oc1ccc(CN=[N+]=[N-])cc1. The lowest BCUT2D eigenvalue weighted by Crippen LogP contribution is -2.52. The van der Waals surface area contributed by atoms with E-state index in [1.54, 1.807) is 32.9 Å². The van der Waals surface area contributed by atoms with Crippen LogP contribution >= 0.6 is 7.75 Å². The first-order valence-electron chi connectivity index (χ1n) is 15.2. The fourth-order valence-electron chi connectivity index (χ4n) is 6.17. The number of hydrogen-bond acceptors (Lipinski definition) is 11. The van der Waals surface area contributed by atoms with Crippen LogP contribution in [0.5, 0.6) is 5.75 Å². The highest BCUT2D eigenvalue weighted by Gasteiger charge is 2.72. The molecule has 5 rings (SSSR count). The Morgan fingerprint density at radius 1 is 1.21 bits per heavy atom. The van der Waals surface area contributed by atoms with Gasteiger partial charge < -0.3 is 23.5 Å². The molecule has 0 radical (unpaired) electrons. The number of aromatic nitrogens is 2. The summed E-state index contributed by atoms with van der Waals surface area (Å²) in [6.07, 6.45) is 0.928. The zero-order valence-electron chi connectivity index (χ0n) is 26.4. The number of azide groups is 1. The molecule has 3 aliphatic rings. The first-order valence-corrected chi connectivity index (χ1v) is 16.8. The fourth-order valence-corrected chi connectivity index (χ4v) is 7.71. The van der Waals surface area contributed by atoms with E-state index in [9.17, 15) is 18.9 Å². The van der Waals surface area contributed by atoms with Gasteiger partial charge in [-0.1, -0.05) is 17.2 Å². The Kier molecular flexibility index (Phi) is 10.00. The molecular formula is C29H38FN6O10P. The predicted octanol–water partition coefficient (Wildman–Crippen LogP) is 4.16. The Hall–Kier alpha value is -3.56. The summed E-state index contributed by atoms with van der Waals surface area (Å²) in [5.41, 5.74) is 4.36. The van der Waals surface area contributed by atoms with Crippen molar-refractivity contribution in [1.29, 1.82) is 0 Å². The lowest BCUT2D eigenvalue weighted by Gasteiger charge is -2.34. The van der Waals surface area contributed by atoms with Crippen LogP contribution in [0.2, 0.25) is 0 Å². The molecule has 1 aromatic heterocycles. The predicted molar refractivity (Wildman–Crippen MR) is 163 cm³/mol. The van der Waals surface area contributed by atoms with Crippen molar-refractivity contribution in [2.45, 2.75) is 101 Å². The highest BCUT2D eigenvalue weighted by Crippen LogP contribution is 2.59. The Labute approximate surface area is 269 Å². The van der Waals surface area contributed by atoms with Crippen LogP contribution in [-0.4, -0.2) is 64.0 Å². The second kappa shape index (κ2) is 13.5. The van der Waals surface area contributed by atoms with E-state index in [0.717, 1.165) is 23.5 Å². The molecule has 0 amide bonds. The molecule has 47 heavy (non-hydrogen) atoms. The minimum absolute atomic E-state index is 0.0597. The van der Waals surface area contributed by atoms with Gasteiger partial charge in [-0.05, 0) is 63.8 Å². The maximum atomic E-state index is 15.4. The van der Waals surface area contributed by atoms with Crippen LogP contribution in [0.4, 0.5) is 4.39 Å². The number of esters is 1. The molecule has 1 spiro atoms. The number of halogens is 1. The van der Waals surface area contributed by atoms with E-state index in [0.29, 0.717) is 18.4 Å². The van der Waals surface area contributed by atoms with E-state index in [2.05, 4.69) is 20.1 Å². The third-order valence-electron chi connectivity index (χ3n) is 8.27. The number of hydrogen-bond donors (Lipinski definition) is 2. The van der Waals surface area contributed by atoms with Crippen LogP contribution in [-0.2, 0) is 39.4 Å². The largest absolute Gasteiger partial charge is 0.462 e. The number of fused-ring (bicyclic) bond motifs is 1. The maximum Gasteiger partial charge on any atom is 0.459 e. The first kappa shape index (κ1) is 34.8. The molecule has 0 bridgehead atoms. The average Bonchev–Trinajstić information content (AvgIpc) is 3.66. The van der Waals surface area contributed by atoms with Gasteiger partial charge in [0.2, 0.25) is 0 Å². The summed E-state index contributed by atoms with van der Waals surface area (Å²) < 4.78 is 66.9. The normalized spacial score (nSPS) is 28.0. The standard InChI is InChI=1S/C29H38FN6O10P/c1-18(2)42-23(38)19(3)34-47(40,45-21-9-7-20(8-10-21)15-32-35-31)41-17-28(16-30)24-27(4,46-29(43-24)12-5-6-13-29)25(44-28)36-14-11-22(37)33-26(36)39/h7-11,14,18-19,24-25H,5-6,12-13,15-17H2,1-4H3,(H,34,40)(H,33,37,39)/t19-,24?,25+,27+,28+,47?/m0/s1. The van der Waals surface area contributed by atoms with Crippen LogP contribution in [0.1, 0.15) is 65.2 Å². The van der Waals surface area contributed by atoms with Crippen LogP contribution < -0.4 is 20.9 Å². The molecule has 2 N–H and O–H groups in total. The zero-order valence-corrected chi connectivity index (χ0v) is 27.3. The zero-order chi connectivity index (χ0) is 34.0. The van der Waals surface area contributed by atoms with Gasteiger partial charge in [0.05, 0.1) is 19.3 Å². The van der Waals surface area contributed by atoms with Crippen molar-refractivity contribution in [3.63, 3.8) is 0 Å². The number of carbonyl (C=O) groups excluding carboxylic acids is 1. The summed E-state index contributed by atoms with van der Waals surface area (Å²) in [4.78, 5) is 42.3. The van der Waals surface area contributed by atoms with Gasteiger partial charge in [0, 0.05) is 30.0 Å². The van der Waals surface area contributed by atoms with Gasteiger partial charge in [0.1, 0.15) is 30.2 Å². The molecule has 16 nitrogen and oxygen atoms in total. The molecule has 3 fully saturated rings. The summed E-state index contributed by atoms with van der Waals surface area (Å²) in [6, 6.07) is 6.01. The Morgan fingerprint density at radius 3 is 2.53 bits per heavy atom. The van der Waals surface area contributed by atoms with Crippen LogP contribution in [0.15, 0.2) is 51.2 Å². The lowest BCUT2D eigenvalue weighted by atomic mass is 9.88. The Bertz CT molecular complexity index is 1670. The molecule has 1 aromatic carbocycles. The number of ether oxygens (including phenoxy) is 4. The second-order valence-electron chi connectivity index (χ2n) is 12.3. The number of alkyl halides is 1. The van der Waals surface area contributed by atoms with Gasteiger partial charge >= 0.3 is 19.4 Å². The van der Waals surface area contributed by atoms with Crippen molar-refractivity contribution in [2.24, 2.45) is 5.11 Å². The van der Waals surface area contributed by atoms with E-state index in [1.807, 2.05) is 0 Å². The van der Waals surface area contributed by atoms with Gasteiger partial charge in [-0.2, -0.15) is 5.09 Å². The number of H-pyrrole nitrogens is 1. The molecule has 2 aliphatic heterocycles. The van der Waals surface area contributed by atoms with Crippen LogP contribution in [0, 0.1) is 0 Å². The summed E-state index contributed by atoms with van der Waals surface area (Å²) in [6.45, 7) is 4.45. The number of benzene rings is 1. The molecule has 6 atom stereocenters. The van der Waals surface area contributed by atoms with E-state index in [-0.39, 0.29) is 12.3 Å². The van der Waals surface area contributed by atoms with Gasteiger partial charge in [0.15, 0.2) is 17.6 Å². The molecule has 1 aliphatic carbocycles. The Morgan fingerprint density at radius 2 is 1.91 bits per heavy atom. The van der Waals surface area contributed by atoms with Crippen molar-refractivity contribution < 1.29 is 41.7 Å². The first-order chi connectivity index (χ1) is 22.3. The maximum absolute atomic E-state index is 15.4. The van der Waals surface area contributed by atoms with Gasteiger partial charge in [-0.25, -0.2) is 13.8 Å². The monoisotopic (exact) mass is 680 g/mol. The van der Waals surface area contributed by atoms with Gasteiger partial charge in [-0.3, -0.25) is 23.7 Å². The molecule has 18 heteroatoms. The fraction of sp³-hybridized carbons (Fsp3) is 0.621. The number of rotatable bonds is 13. The topological polar surface area (TPSA) is 205 Å². The quantitative estimate of drug-likeness (QED) is 0.101. The third kappa shape index (κ3) is 7.16. The third-order valence-corrected chi connectivity index (χ3v) is 9.89. The molecular weight excluding hydrogens is 642 g/mol. The minimum atomic E-state index is -4.53. The highest BCUT2D eigenvalue weighted by molar-refractivity contribution is 7.52. The van der Waals surface area contributed by atoms with Crippen molar-refractivity contribution in [1.82, 2.24) is 14.6 Å². The Balaban J connectivity index is 1.48. The lowest BCUT2D eigenvalue weighted by molar-refractivity contribution is -0.252. The summed E-state index contributed by atoms with van der Waals surface area (Å²) in [5.74, 6) is -1.75. The molecule has 2 aromatic rings. The summed E-state index contributed by atoms with van der Waals surface area (Å²) in [7, 11) is -4.53. The molecule has 2 saturated heterocycles. The van der Waals surface area contributed by atoms with Gasteiger partial charge in [0.25, 0.3) is 5.56 Å². The minimum Gasteiger partial charge on any atom is -0.462 e. The smallest absolute Gasteiger partial charge is 0.459 e. The number of aromatic amines is 1. The van der Waals surface area contributed by atoms with E-state index >= 15 is 4.39 Å². The number of nitrogens with one attached hydrogen (secondary N) is 2. The molecule has 2 unspecified atom stereocenters. The van der Waals surface area contributed by atoms with Crippen molar-refractivity contribution >= 4 is 13.7 Å². The number of carbonyl (C=O) groups is 1. The molecule has 3 heterocycles. The van der Waals surface area contributed by atoms with Crippen molar-refractivity contribution in [3.05, 3.63) is 73.4 Å². The van der Waals surface area contributed by atoms with Crippen LogP contribution in [0.25, 0.3) is 10.4 Å². The van der Waals surface area contributed by atoms with E-state index in [4.69, 9.17) is 33.5 Å². The van der Waals surface area contributed by atoms with E-state index < -0.39 is 79.7 Å². The van der Waals surface area contributed by atoms with Gasteiger partial charge in [-0.15, -0.1) is 0 Å². The van der Waals surface area contributed by atoms with Crippen molar-refractivity contribution in [2.75, 3.05) is 13.3 Å². The highest BCUT2D eigenvalue weighted by atomic mass is 31.2. The van der Waals surface area contributed by atoms with E-state index in [1.165, 1.54) is 25.3 Å². The van der Waals surface area contributed by atoms with Crippen molar-refractivity contribution in [3.8, 4) is 5.75 Å². The molecule has 1 saturated carbocycles. The second-order valence-corrected chi connectivity index (χ2v) is 14.0. The average molecular weight is 681 g/mol.